The Hall–Kier alpha value is -5.92. The van der Waals surface area contributed by atoms with Crippen molar-refractivity contribution >= 4 is 50.1 Å². The number of carbonyl (C=O) groups excluding carboxylic acids is 1. The number of fused-ring (bicyclic) bond motifs is 4. The Balaban J connectivity index is 1.19. The number of nitrogens with one attached hydrogen (secondary N) is 1. The summed E-state index contributed by atoms with van der Waals surface area (Å²) in [5.74, 6) is -3.78. The Morgan fingerprint density at radius 2 is 1.70 bits per heavy atom. The number of hydrogen-bond donors (Lipinski definition) is 2. The number of nitrogens with zero attached hydrogens (tertiary/aromatic N) is 7. The molecule has 23 heteroatoms. The summed E-state index contributed by atoms with van der Waals surface area (Å²) >= 11 is 6.74. The first-order chi connectivity index (χ1) is 31.1. The number of nitrogens with two attached hydrogens (primary N) is 1. The monoisotopic (exact) mass is 962 g/mol. The lowest BCUT2D eigenvalue weighted by Crippen LogP contribution is -2.71. The topological polar surface area (TPSA) is 167 Å². The van der Waals surface area contributed by atoms with Gasteiger partial charge >= 0.3 is 12.4 Å². The number of hydrogen-bond acceptors (Lipinski definition) is 9. The van der Waals surface area contributed by atoms with E-state index in [0.717, 1.165) is 12.1 Å². The lowest BCUT2D eigenvalue weighted by atomic mass is 9.73. The third-order valence-electron chi connectivity index (χ3n) is 12.2. The highest BCUT2D eigenvalue weighted by Crippen LogP contribution is 2.63. The second-order valence-corrected chi connectivity index (χ2v) is 20.2. The van der Waals surface area contributed by atoms with Crippen molar-refractivity contribution in [3.63, 3.8) is 0 Å². The van der Waals surface area contributed by atoms with Gasteiger partial charge in [-0.25, -0.2) is 36.3 Å². The average molecular weight is 963 g/mol. The molecule has 4 heterocycles. The van der Waals surface area contributed by atoms with Gasteiger partial charge in [-0.1, -0.05) is 28.7 Å². The molecule has 0 bridgehead atoms. The zero-order valence-electron chi connectivity index (χ0n) is 34.9. The van der Waals surface area contributed by atoms with Gasteiger partial charge in [0.25, 0.3) is 24.1 Å². The predicted molar refractivity (Wildman–Crippen MR) is 220 cm³/mol. The molecule has 13 nitrogen and oxygen atoms in total. The molecular weight excluding hydrogens is 926 g/mol. The number of amides is 1. The fourth-order valence-corrected chi connectivity index (χ4v) is 10.9. The van der Waals surface area contributed by atoms with E-state index in [1.54, 1.807) is 13.1 Å². The van der Waals surface area contributed by atoms with Crippen molar-refractivity contribution in [1.82, 2.24) is 40.1 Å². The third-order valence-corrected chi connectivity index (χ3v) is 15.4. The van der Waals surface area contributed by atoms with Crippen LogP contribution >= 0.6 is 11.6 Å². The van der Waals surface area contributed by atoms with Gasteiger partial charge in [-0.3, -0.25) is 14.2 Å². The van der Waals surface area contributed by atoms with Crippen LogP contribution in [0.4, 0.5) is 47.0 Å². The Morgan fingerprint density at radius 3 is 2.33 bits per heavy atom. The molecule has 3 aliphatic rings. The van der Waals surface area contributed by atoms with E-state index in [-0.39, 0.29) is 63.2 Å². The van der Waals surface area contributed by atoms with E-state index in [9.17, 15) is 39.6 Å². The van der Waals surface area contributed by atoms with Crippen LogP contribution in [-0.4, -0.2) is 59.1 Å². The molecule has 0 aliphatic heterocycles. The summed E-state index contributed by atoms with van der Waals surface area (Å²) in [7, 11) is -2.16. The molecule has 2 saturated carbocycles. The van der Waals surface area contributed by atoms with Crippen molar-refractivity contribution in [3.05, 3.63) is 98.9 Å². The van der Waals surface area contributed by atoms with Crippen LogP contribution in [0.5, 0.6) is 0 Å². The summed E-state index contributed by atoms with van der Waals surface area (Å²) in [5.41, 5.74) is -1.06. The molecule has 0 spiro atoms. The number of sulfone groups is 1. The van der Waals surface area contributed by atoms with E-state index in [1.807, 2.05) is 0 Å². The van der Waals surface area contributed by atoms with Crippen molar-refractivity contribution in [3.8, 4) is 23.0 Å². The highest BCUT2D eigenvalue weighted by molar-refractivity contribution is 7.93. The van der Waals surface area contributed by atoms with Gasteiger partial charge < -0.3 is 9.73 Å². The van der Waals surface area contributed by atoms with Crippen molar-refractivity contribution < 1.29 is 58.1 Å². The Bertz CT molecular complexity index is 3100. The van der Waals surface area contributed by atoms with Crippen LogP contribution in [0.1, 0.15) is 104 Å². The molecule has 2 aromatic carbocycles. The molecule has 6 aromatic rings. The molecule has 66 heavy (non-hydrogen) atoms. The van der Waals surface area contributed by atoms with Gasteiger partial charge in [0.15, 0.2) is 9.84 Å². The molecular formula is C43H37ClF8N9O4S+. The van der Waals surface area contributed by atoms with Crippen LogP contribution in [0.25, 0.3) is 22.0 Å². The number of aryl methyl sites for hydroxylation is 1. The Kier molecular flexibility index (Phi) is 11.3. The normalized spacial score (nSPS) is 18.3. The van der Waals surface area contributed by atoms with Gasteiger partial charge in [-0.05, 0) is 93.7 Å². The summed E-state index contributed by atoms with van der Waals surface area (Å²) < 4.78 is 148. The number of halogens is 9. The number of pyridine rings is 1. The highest BCUT2D eigenvalue weighted by atomic mass is 35.5. The molecule has 0 unspecified atom stereocenters. The maximum absolute atomic E-state index is 15.8. The summed E-state index contributed by atoms with van der Waals surface area (Å²) in [4.78, 5) is 19.0. The van der Waals surface area contributed by atoms with Crippen molar-refractivity contribution in [2.75, 3.05) is 0 Å². The lowest BCUT2D eigenvalue weighted by Gasteiger charge is -2.34. The molecule has 346 valence electrons. The summed E-state index contributed by atoms with van der Waals surface area (Å²) in [6.07, 6.45) is -5.34. The first-order valence-electron chi connectivity index (χ1n) is 20.6. The molecule has 0 radical (unpaired) electrons. The van der Waals surface area contributed by atoms with Gasteiger partial charge in [-0.15, -0.1) is 10.2 Å². The first kappa shape index (κ1) is 45.2. The summed E-state index contributed by atoms with van der Waals surface area (Å²) in [5, 5.41) is 19.1. The van der Waals surface area contributed by atoms with Crippen LogP contribution in [0.3, 0.4) is 0 Å². The van der Waals surface area contributed by atoms with E-state index in [4.69, 9.17) is 21.0 Å². The van der Waals surface area contributed by atoms with Crippen molar-refractivity contribution in [1.29, 1.82) is 0 Å². The number of carbonyl (C=O) groups is 1. The zero-order valence-corrected chi connectivity index (χ0v) is 36.5. The second kappa shape index (κ2) is 16.4. The van der Waals surface area contributed by atoms with Gasteiger partial charge in [0.1, 0.15) is 45.4 Å². The van der Waals surface area contributed by atoms with Crippen LogP contribution in [0.15, 0.2) is 46.9 Å². The number of alkyl halides is 6. The van der Waals surface area contributed by atoms with Crippen LogP contribution in [0, 0.1) is 29.4 Å². The van der Waals surface area contributed by atoms with Gasteiger partial charge in [-0.2, -0.15) is 22.7 Å². The van der Waals surface area contributed by atoms with Crippen LogP contribution in [-0.2, 0) is 40.6 Å². The SMILES string of the molecule is Cn1nc([NH2+]c2nnc(C(F)F)o2)c2c(Cl)ccc(-c3ccc(C#CC(C)(C)S(=O)(=O)C4CC4)nc3[C@H](Cc3cc(F)cc(F)c3)NC(=O)Cn3nc(C(F)F)c4c3C(F)(F)[C@@H]3CC[C@H]43)c21. The van der Waals surface area contributed by atoms with Crippen molar-refractivity contribution in [2.24, 2.45) is 13.0 Å². The maximum atomic E-state index is 15.8. The third kappa shape index (κ3) is 7.97. The number of rotatable bonds is 13. The predicted octanol–water partition coefficient (Wildman–Crippen LogP) is 7.95. The number of benzene rings is 2. The van der Waals surface area contributed by atoms with Crippen LogP contribution < -0.4 is 10.6 Å². The highest BCUT2D eigenvalue weighted by Gasteiger charge is 2.62. The molecule has 0 saturated heterocycles. The number of aromatic nitrogens is 7. The van der Waals surface area contributed by atoms with Gasteiger partial charge in [0.2, 0.25) is 5.91 Å². The van der Waals surface area contributed by atoms with E-state index in [1.165, 1.54) is 42.0 Å². The summed E-state index contributed by atoms with van der Waals surface area (Å²) in [6, 6.07) is 6.99. The standard InChI is InChI=1S/C43H36ClF8N9O4S/c1-42(2,66(63,64)23-5-6-23)13-12-22-4-7-24(25-9-11-28(44)32-35(25)60(3)59-39(32)55-41-57-56-40(65-41)38(49)50)33(53-22)29(16-19-14-20(45)17-21(46)15-19)54-30(62)18-61-36-31(34(58-61)37(47)48)26-8-10-27(26)43(36,51)52/h4,7,9,11,14-15,17,23,26-27,29,37-38H,5-6,8,10,16,18H2,1-3H3,(H,54,62)(H,55,57,59)/p+1/t26-,27+,29-/m0/s1. The van der Waals surface area contributed by atoms with E-state index in [2.05, 4.69) is 37.6 Å². The maximum Gasteiger partial charge on any atom is 0.428 e. The minimum absolute atomic E-state index is 0.00294. The second-order valence-electron chi connectivity index (χ2n) is 17.0. The fourth-order valence-electron chi connectivity index (χ4n) is 8.85. The molecule has 1 amide bonds. The molecule has 3 atom stereocenters. The van der Waals surface area contributed by atoms with E-state index < -0.39 is 104 Å². The largest absolute Gasteiger partial charge is 0.428 e. The summed E-state index contributed by atoms with van der Waals surface area (Å²) in [6.45, 7) is 1.94. The Labute approximate surface area is 375 Å². The molecule has 3 aliphatic carbocycles. The molecule has 9 rings (SSSR count). The smallest absolute Gasteiger partial charge is 0.373 e. The fraction of sp³-hybridized carbons (Fsp3) is 0.395. The first-order valence-corrected chi connectivity index (χ1v) is 22.5. The molecule has 4 aromatic heterocycles. The minimum Gasteiger partial charge on any atom is -0.373 e. The average Bonchev–Trinajstić information content (AvgIpc) is 3.69. The number of quaternary nitrogens is 1. The molecule has 2 fully saturated rings. The molecule has 3 N–H and O–H groups in total. The quantitative estimate of drug-likeness (QED) is 0.0863. The zero-order chi connectivity index (χ0) is 47.2. The van der Waals surface area contributed by atoms with Crippen LogP contribution in [0.2, 0.25) is 5.02 Å². The minimum atomic E-state index is -3.70. The van der Waals surface area contributed by atoms with Crippen molar-refractivity contribution in [2.45, 2.75) is 93.2 Å². The lowest BCUT2D eigenvalue weighted by molar-refractivity contribution is -0.501. The van der Waals surface area contributed by atoms with Gasteiger partial charge in [0, 0.05) is 35.7 Å². The van der Waals surface area contributed by atoms with E-state index in [0.29, 0.717) is 34.7 Å². The Morgan fingerprint density at radius 1 is 0.985 bits per heavy atom. The van der Waals surface area contributed by atoms with Gasteiger partial charge in [0.05, 0.1) is 27.5 Å². The van der Waals surface area contributed by atoms with E-state index >= 15 is 8.78 Å².